The molecule has 19 nitrogen and oxygen atoms in total. The van der Waals surface area contributed by atoms with Crippen molar-refractivity contribution < 1.29 is 126 Å². The number of anilines is 2. The monoisotopic (exact) mass is 2430 g/mol. The maximum absolute atomic E-state index is 10.2. The van der Waals surface area contributed by atoms with Crippen molar-refractivity contribution in [3.05, 3.63) is 289 Å². The number of thiophene rings is 1. The average molecular weight is 2430 g/mol. The number of imidazole rings is 2. The third-order valence-corrected chi connectivity index (χ3v) is 16.1. The Morgan fingerprint density at radius 1 is 0.640 bits per heavy atom. The van der Waals surface area contributed by atoms with Crippen LogP contribution in [0.4, 0.5) is 17.1 Å². The minimum Gasteiger partial charge on any atom is -0.509 e. The van der Waals surface area contributed by atoms with Gasteiger partial charge >= 0.3 is 0 Å². The zero-order valence-electron chi connectivity index (χ0n) is 54.6. The van der Waals surface area contributed by atoms with Crippen LogP contribution in [0.25, 0.3) is 68.1 Å². The fourth-order valence-corrected chi connectivity index (χ4v) is 11.6. The number of hydrogen-bond acceptors (Lipinski definition) is 16. The number of nitrogens with zero attached hydrogens (tertiary/aromatic N) is 18. The van der Waals surface area contributed by atoms with Gasteiger partial charge in [-0.2, -0.15) is 26.0 Å². The van der Waals surface area contributed by atoms with E-state index in [-0.39, 0.29) is 127 Å². The number of isocyanates is 1. The smallest absolute Gasteiger partial charge is 0.240 e. The maximum atomic E-state index is 10.2. The molecule has 0 spiro atoms. The Kier molecular flexibility index (Phi) is 33.2. The van der Waals surface area contributed by atoms with Crippen molar-refractivity contribution in [3.8, 4) is 68.1 Å². The van der Waals surface area contributed by atoms with Crippen LogP contribution in [0.1, 0.15) is 41.7 Å². The van der Waals surface area contributed by atoms with Crippen LogP contribution >= 0.6 is 22.9 Å². The van der Waals surface area contributed by atoms with Crippen molar-refractivity contribution >= 4 is 46.0 Å². The molecule has 1 aliphatic heterocycles. The number of carbonyl (C=O) groups excluding carboxylic acids is 1. The normalized spacial score (nSPS) is 11.3. The SMILES string of the molecule is Cc1cc(C)c(-n2ccnc2-c2[c-]cccc2)c(C)c1.Cn1ccc(-c2[c-]cc3c(c2)C(C)(C)c2ccccc2-3)n1.Cn1ccnc1-c1[c-]ccnc1.Cn1cnnc1-c1[c-]nsc1.O=C=Nc1ccc(N2C=CN(c3[c-]csc3)[CH-]2)cc1.[Ir].[Ir].[Ir].[Ir].[Ir].[Pt].[c-]1cncnc1-n1cccn1. The minimum atomic E-state index is 0. The van der Waals surface area contributed by atoms with Crippen molar-refractivity contribution in [1.29, 1.82) is 0 Å². The molecule has 0 saturated heterocycles. The number of rotatable bonds is 9. The number of fused-ring (bicyclic) bond motifs is 3. The Hall–Kier alpha value is -7.70. The van der Waals surface area contributed by atoms with E-state index in [2.05, 4.69) is 179 Å². The molecule has 5 aromatic carbocycles. The summed E-state index contributed by atoms with van der Waals surface area (Å²) < 4.78 is 13.2. The van der Waals surface area contributed by atoms with Crippen LogP contribution in [0.3, 0.4) is 0 Å². The van der Waals surface area contributed by atoms with Gasteiger partial charge in [0.05, 0.1) is 23.2 Å². The topological polar surface area (TPSA) is 189 Å². The number of aryl methyl sites for hydroxylation is 6. The summed E-state index contributed by atoms with van der Waals surface area (Å²) in [6.07, 6.45) is 29.4. The first-order valence-electron chi connectivity index (χ1n) is 29.4. The Morgan fingerprint density at radius 2 is 1.39 bits per heavy atom. The van der Waals surface area contributed by atoms with E-state index >= 15 is 0 Å². The molecule has 0 bridgehead atoms. The summed E-state index contributed by atoms with van der Waals surface area (Å²) in [7, 11) is 5.78. The van der Waals surface area contributed by atoms with Gasteiger partial charge in [-0.25, -0.2) is 16.0 Å². The molecule has 100 heavy (non-hydrogen) atoms. The summed E-state index contributed by atoms with van der Waals surface area (Å²) in [5.74, 6) is 3.28. The quantitative estimate of drug-likeness (QED) is 0.0754. The predicted octanol–water partition coefficient (Wildman–Crippen LogP) is 14.4. The van der Waals surface area contributed by atoms with Gasteiger partial charge in [-0.3, -0.25) is 45.0 Å². The van der Waals surface area contributed by atoms with Crippen LogP contribution in [0.5, 0.6) is 0 Å². The van der Waals surface area contributed by atoms with Gasteiger partial charge in [-0.1, -0.05) is 103 Å². The molecule has 5 radical (unpaired) electrons. The Morgan fingerprint density at radius 3 is 2.01 bits per heavy atom. The second kappa shape index (κ2) is 40.1. The number of pyridine rings is 1. The largest absolute Gasteiger partial charge is 0.509 e. The molecule has 14 aromatic rings. The number of hydrogen-bond donors (Lipinski definition) is 0. The fraction of sp³-hybridized carbons (Fsp3) is 0.123. The first-order chi connectivity index (χ1) is 45.8. The van der Waals surface area contributed by atoms with Crippen LogP contribution in [0, 0.1) is 64.0 Å². The van der Waals surface area contributed by atoms with E-state index in [1.807, 2.05) is 153 Å². The molecule has 27 heteroatoms. The number of benzene rings is 5. The van der Waals surface area contributed by atoms with Crippen LogP contribution in [0.2, 0.25) is 0 Å². The maximum Gasteiger partial charge on any atom is 0.240 e. The van der Waals surface area contributed by atoms with Crippen LogP contribution < -0.4 is 9.80 Å². The van der Waals surface area contributed by atoms with E-state index in [9.17, 15) is 4.79 Å². The first kappa shape index (κ1) is 83.0. The zero-order chi connectivity index (χ0) is 65.4. The molecule has 0 amide bonds. The zero-order valence-corrected chi connectivity index (χ0v) is 70.5. The molecule has 16 rings (SSSR count). The molecule has 0 unspecified atom stereocenters. The summed E-state index contributed by atoms with van der Waals surface area (Å²) >= 11 is 2.97. The van der Waals surface area contributed by atoms with Crippen LogP contribution in [0.15, 0.2) is 223 Å². The van der Waals surface area contributed by atoms with E-state index in [0.717, 1.165) is 56.8 Å². The second-order valence-corrected chi connectivity index (χ2v) is 23.1. The molecule has 9 aromatic heterocycles. The van der Waals surface area contributed by atoms with Gasteiger partial charge in [0.15, 0.2) is 0 Å². The molecule has 523 valence electrons. The van der Waals surface area contributed by atoms with E-state index in [4.69, 9.17) is 0 Å². The van der Waals surface area contributed by atoms with Crippen molar-refractivity contribution in [3.63, 3.8) is 0 Å². The minimum absolute atomic E-state index is 0. The number of aliphatic imine (C=N–C) groups is 1. The van der Waals surface area contributed by atoms with Crippen LogP contribution in [-0.2, 0) is 153 Å². The molecular weight excluding hydrogens is 2370 g/mol. The van der Waals surface area contributed by atoms with Crippen molar-refractivity contribution in [2.45, 2.75) is 40.0 Å². The molecule has 0 saturated carbocycles. The van der Waals surface area contributed by atoms with E-state index in [1.54, 1.807) is 77.7 Å². The summed E-state index contributed by atoms with van der Waals surface area (Å²) in [5.41, 5.74) is 17.9. The summed E-state index contributed by atoms with van der Waals surface area (Å²) in [6, 6.07) is 54.1. The summed E-state index contributed by atoms with van der Waals surface area (Å²) in [5, 5.41) is 22.0. The van der Waals surface area contributed by atoms with Gasteiger partial charge in [0.25, 0.3) is 0 Å². The van der Waals surface area contributed by atoms with Crippen molar-refractivity contribution in [1.82, 2.24) is 72.8 Å². The molecule has 2 aliphatic rings. The third kappa shape index (κ3) is 20.7. The molecular formula is C73H61Ir5N18OPtS2-7. The van der Waals surface area contributed by atoms with Gasteiger partial charge in [0.1, 0.15) is 12.7 Å². The fourth-order valence-electron chi connectivity index (χ4n) is 10.5. The van der Waals surface area contributed by atoms with Gasteiger partial charge in [-0.15, -0.1) is 118 Å². The summed E-state index contributed by atoms with van der Waals surface area (Å²) in [4.78, 5) is 38.1. The van der Waals surface area contributed by atoms with E-state index in [0.29, 0.717) is 11.5 Å². The molecule has 1 aliphatic carbocycles. The predicted molar refractivity (Wildman–Crippen MR) is 367 cm³/mol. The first-order valence-corrected chi connectivity index (χ1v) is 31.2. The summed E-state index contributed by atoms with van der Waals surface area (Å²) in [6.45, 7) is 13.0. The van der Waals surface area contributed by atoms with Crippen molar-refractivity contribution in [2.24, 2.45) is 26.1 Å². The third-order valence-electron chi connectivity index (χ3n) is 14.9. The molecule has 0 atom stereocenters. The molecule has 10 heterocycles. The Balaban J connectivity index is 0.000000218. The van der Waals surface area contributed by atoms with Gasteiger partial charge in [-0.05, 0) is 91.4 Å². The van der Waals surface area contributed by atoms with E-state index < -0.39 is 0 Å². The average Bonchev–Trinajstić information content (AvgIpc) is 1.58. The Bertz CT molecular complexity index is 4770. The molecule has 0 N–H and O–H groups in total. The van der Waals surface area contributed by atoms with Gasteiger partial charge in [0, 0.05) is 203 Å². The van der Waals surface area contributed by atoms with Crippen LogP contribution in [-0.4, -0.2) is 78.8 Å². The van der Waals surface area contributed by atoms with Gasteiger partial charge < -0.3 is 34.6 Å². The second-order valence-electron chi connectivity index (χ2n) is 21.8. The van der Waals surface area contributed by atoms with Crippen molar-refractivity contribution in [2.75, 3.05) is 9.80 Å². The molecule has 0 fully saturated rings. The van der Waals surface area contributed by atoms with E-state index in [1.165, 1.54) is 68.6 Å². The standard InChI is InChI=1S/C19H17N2.C18H17N2.C14H9N3OS.C9H8N3.C7H5N4.C6H5N4S.5Ir.Pt/c1-19(2)16-7-5-4-6-14(16)15-9-8-13(12-17(15)19)18-10-11-21(3)20-18;1-13-11-14(2)17(15(3)12-13)20-10-9-19-18(20)16-7-5-4-6-8-16;18-10-15-12-1-3-13(4-2-12)16-6-7-17(11-16)14-5-8-19-9-14;1-12-6-5-11-9(12)8-3-2-4-10-7-8;1-3-10-11(5-1)7-2-4-8-6-9-7;1-10-4-7-9-6(10)5-2-8-11-3-5;;;;;;/h4-7,9-12H,1-3H3;4-7,9-12H,1-3H3;1-4,6-9,11H;2,4-7H,1H3;1,3-6H;3-4H,1H3;;;;;;/q2*-1;-2;3*-1;;;;;;. The van der Waals surface area contributed by atoms with Gasteiger partial charge in [0.2, 0.25) is 6.08 Å². The Labute approximate surface area is 671 Å². The number of aromatic nitrogens is 15.